The molecule has 0 radical (unpaired) electrons. The van der Waals surface area contributed by atoms with Crippen LogP contribution < -0.4 is 14.8 Å². The Kier molecular flexibility index (Phi) is 7.70. The van der Waals surface area contributed by atoms with Crippen molar-refractivity contribution in [3.8, 4) is 5.75 Å². The van der Waals surface area contributed by atoms with Crippen LogP contribution in [0.2, 0.25) is 0 Å². The highest BCUT2D eigenvalue weighted by atomic mass is 32.2. The fraction of sp³-hybridized carbons (Fsp3) is 0.467. The number of nitrogens with one attached hydrogen (secondary N) is 2. The Bertz CT molecular complexity index is 626. The molecule has 0 saturated carbocycles. The van der Waals surface area contributed by atoms with E-state index in [1.165, 1.54) is 19.1 Å². The number of carbonyl (C=O) groups is 2. The maximum absolute atomic E-state index is 12.1. The highest BCUT2D eigenvalue weighted by Gasteiger charge is 2.13. The molecule has 2 N–H and O–H groups in total. The molecule has 0 aliphatic carbocycles. The van der Waals surface area contributed by atoms with Crippen LogP contribution in [-0.4, -0.2) is 39.8 Å². The summed E-state index contributed by atoms with van der Waals surface area (Å²) in [4.78, 5) is 22.3. The molecule has 0 bridgehead atoms. The van der Waals surface area contributed by atoms with Gasteiger partial charge in [-0.1, -0.05) is 0 Å². The Labute approximate surface area is 136 Å². The zero-order chi connectivity index (χ0) is 17.3. The largest absolute Gasteiger partial charge is 0.494 e. The molecule has 0 unspecified atom stereocenters. The predicted octanol–water partition coefficient (Wildman–Crippen LogP) is 0.849. The van der Waals surface area contributed by atoms with Crippen molar-refractivity contribution in [2.45, 2.75) is 31.6 Å². The van der Waals surface area contributed by atoms with Gasteiger partial charge in [0.15, 0.2) is 0 Å². The average molecular weight is 342 g/mol. The Balaban J connectivity index is 2.40. The number of carbonyl (C=O) groups excluding carboxylic acids is 2. The quantitative estimate of drug-likeness (QED) is 0.614. The molecule has 0 fully saturated rings. The van der Waals surface area contributed by atoms with E-state index in [4.69, 9.17) is 4.74 Å². The van der Waals surface area contributed by atoms with Crippen LogP contribution in [0.5, 0.6) is 5.75 Å². The average Bonchev–Trinajstić information content (AvgIpc) is 2.50. The number of Topliss-reactive ketones (excluding diaryl/α,β-unsaturated/α-hetero) is 1. The number of hydrogen-bond acceptors (Lipinski definition) is 5. The van der Waals surface area contributed by atoms with Crippen molar-refractivity contribution in [3.63, 3.8) is 0 Å². The molecular formula is C15H22N2O5S. The van der Waals surface area contributed by atoms with Gasteiger partial charge < -0.3 is 14.8 Å². The van der Waals surface area contributed by atoms with Crippen LogP contribution in [0.15, 0.2) is 29.2 Å². The summed E-state index contributed by atoms with van der Waals surface area (Å²) in [6.45, 7) is 4.00. The summed E-state index contributed by atoms with van der Waals surface area (Å²) >= 11 is 0. The third-order valence-corrected chi connectivity index (χ3v) is 4.37. The summed E-state index contributed by atoms with van der Waals surface area (Å²) in [6, 6.07) is 6.08. The highest BCUT2D eigenvalue weighted by Crippen LogP contribution is 2.15. The monoisotopic (exact) mass is 342 g/mol. The first-order valence-electron chi connectivity index (χ1n) is 7.34. The highest BCUT2D eigenvalue weighted by molar-refractivity contribution is 7.89. The molecule has 0 aliphatic rings. The van der Waals surface area contributed by atoms with Crippen LogP contribution >= 0.6 is 0 Å². The third-order valence-electron chi connectivity index (χ3n) is 2.89. The number of amides is 1. The molecule has 1 amide bonds. The molecule has 128 valence electrons. The van der Waals surface area contributed by atoms with E-state index < -0.39 is 10.0 Å². The lowest BCUT2D eigenvalue weighted by atomic mass is 10.2. The van der Waals surface area contributed by atoms with Gasteiger partial charge in [0.25, 0.3) is 0 Å². The van der Waals surface area contributed by atoms with E-state index in [0.29, 0.717) is 12.4 Å². The number of ketones is 1. The maximum atomic E-state index is 12.1. The molecule has 0 spiro atoms. The number of benzene rings is 1. The van der Waals surface area contributed by atoms with E-state index in [9.17, 15) is 18.0 Å². The van der Waals surface area contributed by atoms with Crippen molar-refractivity contribution in [1.82, 2.24) is 10.0 Å². The Morgan fingerprint density at radius 3 is 2.30 bits per heavy atom. The van der Waals surface area contributed by atoms with Crippen molar-refractivity contribution in [1.29, 1.82) is 0 Å². The number of sulfonamides is 1. The molecule has 0 heterocycles. The minimum atomic E-state index is -3.63. The standard InChI is InChI=1S/C15H22N2O5S/c1-3-22-13-5-7-14(8-6-13)23(20,21)17-11-10-16-15(19)9-4-12(2)18/h5-8,17H,3-4,9-11H2,1-2H3,(H,16,19). The Morgan fingerprint density at radius 2 is 1.74 bits per heavy atom. The molecule has 23 heavy (non-hydrogen) atoms. The van der Waals surface area contributed by atoms with Gasteiger partial charge in [0.05, 0.1) is 11.5 Å². The summed E-state index contributed by atoms with van der Waals surface area (Å²) in [6.07, 6.45) is 0.296. The van der Waals surface area contributed by atoms with Gasteiger partial charge in [-0.25, -0.2) is 13.1 Å². The van der Waals surface area contributed by atoms with E-state index in [1.807, 2.05) is 6.92 Å². The molecular weight excluding hydrogens is 320 g/mol. The summed E-state index contributed by atoms with van der Waals surface area (Å²) in [7, 11) is -3.63. The molecule has 0 atom stereocenters. The van der Waals surface area contributed by atoms with Crippen LogP contribution in [0.4, 0.5) is 0 Å². The van der Waals surface area contributed by atoms with Gasteiger partial charge in [0.1, 0.15) is 11.5 Å². The van der Waals surface area contributed by atoms with Crippen LogP contribution in [-0.2, 0) is 19.6 Å². The Hall–Kier alpha value is -1.93. The number of rotatable bonds is 10. The first kappa shape index (κ1) is 19.1. The van der Waals surface area contributed by atoms with Gasteiger partial charge >= 0.3 is 0 Å². The molecule has 0 aliphatic heterocycles. The number of ether oxygens (including phenoxy) is 1. The van der Waals surface area contributed by atoms with Gasteiger partial charge in [-0.05, 0) is 38.1 Å². The summed E-state index contributed by atoms with van der Waals surface area (Å²) in [5, 5.41) is 2.55. The van der Waals surface area contributed by atoms with E-state index in [-0.39, 0.29) is 42.5 Å². The molecule has 1 aromatic carbocycles. The topological polar surface area (TPSA) is 102 Å². The fourth-order valence-corrected chi connectivity index (χ4v) is 2.76. The second-order valence-electron chi connectivity index (χ2n) is 4.85. The molecule has 0 aromatic heterocycles. The first-order valence-corrected chi connectivity index (χ1v) is 8.82. The number of hydrogen-bond donors (Lipinski definition) is 2. The molecule has 0 saturated heterocycles. The molecule has 7 nitrogen and oxygen atoms in total. The van der Waals surface area contributed by atoms with E-state index in [0.717, 1.165) is 0 Å². The minimum Gasteiger partial charge on any atom is -0.494 e. The van der Waals surface area contributed by atoms with E-state index in [2.05, 4.69) is 10.0 Å². The fourth-order valence-electron chi connectivity index (χ4n) is 1.73. The zero-order valence-corrected chi connectivity index (χ0v) is 14.1. The first-order chi connectivity index (χ1) is 10.8. The van der Waals surface area contributed by atoms with E-state index >= 15 is 0 Å². The van der Waals surface area contributed by atoms with Crippen molar-refractivity contribution in [2.24, 2.45) is 0 Å². The predicted molar refractivity (Wildman–Crippen MR) is 85.7 cm³/mol. The lowest BCUT2D eigenvalue weighted by Gasteiger charge is -2.09. The van der Waals surface area contributed by atoms with Crippen molar-refractivity contribution >= 4 is 21.7 Å². The van der Waals surface area contributed by atoms with Crippen LogP contribution in [0.1, 0.15) is 26.7 Å². The minimum absolute atomic E-state index is 0.0589. The van der Waals surface area contributed by atoms with Crippen LogP contribution in [0.3, 0.4) is 0 Å². The summed E-state index contributed by atoms with van der Waals surface area (Å²) in [5.41, 5.74) is 0. The normalized spacial score (nSPS) is 11.0. The van der Waals surface area contributed by atoms with Gasteiger partial charge in [-0.15, -0.1) is 0 Å². The van der Waals surface area contributed by atoms with Gasteiger partial charge in [-0.3, -0.25) is 4.79 Å². The van der Waals surface area contributed by atoms with Crippen molar-refractivity contribution in [3.05, 3.63) is 24.3 Å². The van der Waals surface area contributed by atoms with E-state index in [1.54, 1.807) is 12.1 Å². The summed E-state index contributed by atoms with van der Waals surface area (Å²) in [5.74, 6) is 0.265. The summed E-state index contributed by atoms with van der Waals surface area (Å²) < 4.78 is 31.8. The van der Waals surface area contributed by atoms with Crippen molar-refractivity contribution < 1.29 is 22.7 Å². The lowest BCUT2D eigenvalue weighted by Crippen LogP contribution is -2.34. The van der Waals surface area contributed by atoms with Gasteiger partial charge in [0.2, 0.25) is 15.9 Å². The molecule has 1 rings (SSSR count). The third kappa shape index (κ3) is 7.25. The maximum Gasteiger partial charge on any atom is 0.240 e. The van der Waals surface area contributed by atoms with Crippen LogP contribution in [0, 0.1) is 0 Å². The second kappa shape index (κ2) is 9.26. The molecule has 8 heteroatoms. The van der Waals surface area contributed by atoms with Crippen LogP contribution in [0.25, 0.3) is 0 Å². The van der Waals surface area contributed by atoms with Gasteiger partial charge in [0, 0.05) is 25.9 Å². The SMILES string of the molecule is CCOc1ccc(S(=O)(=O)NCCNC(=O)CCC(C)=O)cc1. The molecule has 1 aromatic rings. The second-order valence-corrected chi connectivity index (χ2v) is 6.62. The smallest absolute Gasteiger partial charge is 0.240 e. The Morgan fingerprint density at radius 1 is 1.09 bits per heavy atom. The zero-order valence-electron chi connectivity index (χ0n) is 13.3. The van der Waals surface area contributed by atoms with Crippen molar-refractivity contribution in [2.75, 3.05) is 19.7 Å². The lowest BCUT2D eigenvalue weighted by molar-refractivity contribution is -0.124. The van der Waals surface area contributed by atoms with Gasteiger partial charge in [-0.2, -0.15) is 0 Å².